The van der Waals surface area contributed by atoms with Crippen molar-refractivity contribution in [3.05, 3.63) is 23.8 Å². The zero-order chi connectivity index (χ0) is 13.7. The van der Waals surface area contributed by atoms with Crippen LogP contribution in [0.3, 0.4) is 0 Å². The van der Waals surface area contributed by atoms with Gasteiger partial charge in [-0.1, -0.05) is 0 Å². The summed E-state index contributed by atoms with van der Waals surface area (Å²) in [6.45, 7) is 7.73. The number of methoxy groups -OCH3 is 1. The first-order valence-electron chi connectivity index (χ1n) is 6.15. The molecule has 1 aromatic carbocycles. The fourth-order valence-electron chi connectivity index (χ4n) is 1.63. The molecule has 0 saturated heterocycles. The maximum Gasteiger partial charge on any atom is 0.242 e. The van der Waals surface area contributed by atoms with Crippen LogP contribution in [0.1, 0.15) is 26.3 Å². The quantitative estimate of drug-likeness (QED) is 0.843. The van der Waals surface area contributed by atoms with Crippen molar-refractivity contribution >= 4 is 11.6 Å². The third-order valence-electron chi connectivity index (χ3n) is 2.63. The van der Waals surface area contributed by atoms with Gasteiger partial charge in [-0.25, -0.2) is 0 Å². The second-order valence-electron chi connectivity index (χ2n) is 4.71. The number of carbonyl (C=O) groups excluding carboxylic acids is 1. The normalized spacial score (nSPS) is 12.1. The van der Waals surface area contributed by atoms with Gasteiger partial charge in [0.25, 0.3) is 0 Å². The summed E-state index contributed by atoms with van der Waals surface area (Å²) < 4.78 is 5.15. The second-order valence-corrected chi connectivity index (χ2v) is 4.71. The van der Waals surface area contributed by atoms with E-state index in [1.807, 2.05) is 45.9 Å². The molecule has 1 amide bonds. The highest BCUT2D eigenvalue weighted by Crippen LogP contribution is 2.21. The number of aryl methyl sites for hydroxylation is 1. The van der Waals surface area contributed by atoms with Crippen molar-refractivity contribution < 1.29 is 9.53 Å². The number of amides is 1. The molecule has 4 heteroatoms. The van der Waals surface area contributed by atoms with E-state index < -0.39 is 0 Å². The molecule has 0 aliphatic rings. The van der Waals surface area contributed by atoms with Crippen molar-refractivity contribution in [3.8, 4) is 5.75 Å². The van der Waals surface area contributed by atoms with Gasteiger partial charge in [-0.05, 0) is 51.5 Å². The number of benzene rings is 1. The van der Waals surface area contributed by atoms with Crippen LogP contribution in [-0.2, 0) is 4.79 Å². The molecule has 0 heterocycles. The van der Waals surface area contributed by atoms with Crippen LogP contribution in [-0.4, -0.2) is 25.1 Å². The van der Waals surface area contributed by atoms with Crippen molar-refractivity contribution in [2.75, 3.05) is 12.4 Å². The average molecular weight is 250 g/mol. The molecule has 1 unspecified atom stereocenters. The van der Waals surface area contributed by atoms with Gasteiger partial charge in [0, 0.05) is 11.7 Å². The van der Waals surface area contributed by atoms with E-state index in [4.69, 9.17) is 4.74 Å². The Bertz CT molecular complexity index is 416. The molecule has 1 aromatic rings. The maximum atomic E-state index is 11.8. The first kappa shape index (κ1) is 14.4. The summed E-state index contributed by atoms with van der Waals surface area (Å²) in [7, 11) is 1.64. The van der Waals surface area contributed by atoms with Crippen LogP contribution in [0.15, 0.2) is 18.2 Å². The summed E-state index contributed by atoms with van der Waals surface area (Å²) in [5, 5.41) is 6.08. The summed E-state index contributed by atoms with van der Waals surface area (Å²) in [5.41, 5.74) is 2.00. The van der Waals surface area contributed by atoms with Gasteiger partial charge in [-0.3, -0.25) is 4.79 Å². The minimum absolute atomic E-state index is 0.000202. The van der Waals surface area contributed by atoms with Crippen LogP contribution in [0.2, 0.25) is 0 Å². The monoisotopic (exact) mass is 250 g/mol. The van der Waals surface area contributed by atoms with Gasteiger partial charge in [0.05, 0.1) is 7.11 Å². The van der Waals surface area contributed by atoms with E-state index >= 15 is 0 Å². The standard InChI is InChI=1S/C14H22N2O2/c1-9(2)15-14(17)11(4)16-13-7-6-12(18-5)8-10(13)3/h6-9,11,16H,1-5H3,(H,15,17). The van der Waals surface area contributed by atoms with E-state index in [2.05, 4.69) is 10.6 Å². The van der Waals surface area contributed by atoms with Crippen molar-refractivity contribution in [2.24, 2.45) is 0 Å². The molecule has 0 aromatic heterocycles. The molecule has 100 valence electrons. The maximum absolute atomic E-state index is 11.8. The van der Waals surface area contributed by atoms with Gasteiger partial charge < -0.3 is 15.4 Å². The van der Waals surface area contributed by atoms with Crippen LogP contribution in [0, 0.1) is 6.92 Å². The van der Waals surface area contributed by atoms with Crippen LogP contribution in [0.25, 0.3) is 0 Å². The average Bonchev–Trinajstić information content (AvgIpc) is 2.30. The van der Waals surface area contributed by atoms with E-state index in [0.717, 1.165) is 17.0 Å². The molecule has 0 fully saturated rings. The Morgan fingerprint density at radius 3 is 2.44 bits per heavy atom. The Morgan fingerprint density at radius 1 is 1.28 bits per heavy atom. The number of hydrogen-bond donors (Lipinski definition) is 2. The Balaban J connectivity index is 2.69. The number of ether oxygens (including phenoxy) is 1. The number of carbonyl (C=O) groups is 1. The zero-order valence-corrected chi connectivity index (χ0v) is 11.7. The molecule has 2 N–H and O–H groups in total. The molecule has 18 heavy (non-hydrogen) atoms. The van der Waals surface area contributed by atoms with Gasteiger partial charge in [-0.2, -0.15) is 0 Å². The lowest BCUT2D eigenvalue weighted by Gasteiger charge is -2.18. The Labute approximate surface area is 109 Å². The summed E-state index contributed by atoms with van der Waals surface area (Å²) in [5.74, 6) is 0.817. The van der Waals surface area contributed by atoms with E-state index in [1.165, 1.54) is 0 Å². The summed E-state index contributed by atoms with van der Waals surface area (Å²) >= 11 is 0. The molecule has 0 spiro atoms. The van der Waals surface area contributed by atoms with E-state index in [-0.39, 0.29) is 18.0 Å². The van der Waals surface area contributed by atoms with Crippen molar-refractivity contribution in [2.45, 2.75) is 39.8 Å². The number of hydrogen-bond acceptors (Lipinski definition) is 3. The fourth-order valence-corrected chi connectivity index (χ4v) is 1.63. The van der Waals surface area contributed by atoms with E-state index in [9.17, 15) is 4.79 Å². The summed E-state index contributed by atoms with van der Waals surface area (Å²) in [6, 6.07) is 5.63. The highest BCUT2D eigenvalue weighted by molar-refractivity contribution is 5.84. The van der Waals surface area contributed by atoms with Gasteiger partial charge >= 0.3 is 0 Å². The molecule has 0 radical (unpaired) electrons. The van der Waals surface area contributed by atoms with Crippen LogP contribution < -0.4 is 15.4 Å². The molecule has 1 atom stereocenters. The number of rotatable bonds is 5. The van der Waals surface area contributed by atoms with Gasteiger partial charge in [0.2, 0.25) is 5.91 Å². The molecule has 0 saturated carbocycles. The molecule has 4 nitrogen and oxygen atoms in total. The Morgan fingerprint density at radius 2 is 1.94 bits per heavy atom. The van der Waals surface area contributed by atoms with E-state index in [1.54, 1.807) is 7.11 Å². The SMILES string of the molecule is COc1ccc(NC(C)C(=O)NC(C)C)c(C)c1. The largest absolute Gasteiger partial charge is 0.497 e. The van der Waals surface area contributed by atoms with Crippen LogP contribution in [0.4, 0.5) is 5.69 Å². The molecule has 0 bridgehead atoms. The first-order chi connectivity index (χ1) is 8.43. The summed E-state index contributed by atoms with van der Waals surface area (Å²) in [6.07, 6.45) is 0. The van der Waals surface area contributed by atoms with E-state index in [0.29, 0.717) is 0 Å². The minimum Gasteiger partial charge on any atom is -0.497 e. The molecule has 0 aliphatic carbocycles. The molecular weight excluding hydrogens is 228 g/mol. The highest BCUT2D eigenvalue weighted by atomic mass is 16.5. The fraction of sp³-hybridized carbons (Fsp3) is 0.500. The Hall–Kier alpha value is -1.71. The van der Waals surface area contributed by atoms with Crippen molar-refractivity contribution in [1.82, 2.24) is 5.32 Å². The number of nitrogens with one attached hydrogen (secondary N) is 2. The predicted molar refractivity (Wildman–Crippen MR) is 74.1 cm³/mol. The lowest BCUT2D eigenvalue weighted by molar-refractivity contribution is -0.122. The summed E-state index contributed by atoms with van der Waals surface area (Å²) in [4.78, 5) is 11.8. The smallest absolute Gasteiger partial charge is 0.242 e. The van der Waals surface area contributed by atoms with Crippen molar-refractivity contribution in [3.63, 3.8) is 0 Å². The van der Waals surface area contributed by atoms with Crippen LogP contribution >= 0.6 is 0 Å². The molecular formula is C14H22N2O2. The van der Waals surface area contributed by atoms with Gasteiger partial charge in [0.1, 0.15) is 11.8 Å². The third-order valence-corrected chi connectivity index (χ3v) is 2.63. The zero-order valence-electron chi connectivity index (χ0n) is 11.7. The van der Waals surface area contributed by atoms with Gasteiger partial charge in [-0.15, -0.1) is 0 Å². The molecule has 1 rings (SSSR count). The lowest BCUT2D eigenvalue weighted by Crippen LogP contribution is -2.41. The molecule has 0 aliphatic heterocycles. The third kappa shape index (κ3) is 3.95. The van der Waals surface area contributed by atoms with Gasteiger partial charge in [0.15, 0.2) is 0 Å². The highest BCUT2D eigenvalue weighted by Gasteiger charge is 2.14. The second kappa shape index (κ2) is 6.28. The van der Waals surface area contributed by atoms with Crippen LogP contribution in [0.5, 0.6) is 5.75 Å². The van der Waals surface area contributed by atoms with Crippen molar-refractivity contribution in [1.29, 1.82) is 0 Å². The Kier molecular flexibility index (Phi) is 5.01. The predicted octanol–water partition coefficient (Wildman–Crippen LogP) is 2.33. The first-order valence-corrected chi connectivity index (χ1v) is 6.15. The minimum atomic E-state index is -0.264. The number of anilines is 1. The topological polar surface area (TPSA) is 50.4 Å². The lowest BCUT2D eigenvalue weighted by atomic mass is 10.1.